The Labute approximate surface area is 150 Å². The highest BCUT2D eigenvalue weighted by Crippen LogP contribution is 2.54. The molecule has 1 unspecified atom stereocenters. The van der Waals surface area contributed by atoms with Crippen LogP contribution in [0.3, 0.4) is 0 Å². The van der Waals surface area contributed by atoms with Crippen LogP contribution in [0.5, 0.6) is 0 Å². The van der Waals surface area contributed by atoms with E-state index in [1.54, 1.807) is 0 Å². The smallest absolute Gasteiger partial charge is 0.303 e. The Hall–Kier alpha value is -2.43. The number of hydrogen-bond acceptors (Lipinski definition) is 5. The molecule has 1 aliphatic carbocycles. The fraction of sp³-hybridized carbons (Fsp3) is 0.611. The molecule has 1 N–H and O–H groups in total. The van der Waals surface area contributed by atoms with Gasteiger partial charge < -0.3 is 14.9 Å². The first-order valence-electron chi connectivity index (χ1n) is 8.94. The van der Waals surface area contributed by atoms with E-state index in [1.807, 2.05) is 15.9 Å². The van der Waals surface area contributed by atoms with E-state index >= 15 is 0 Å². The number of piperidine rings is 1. The molecule has 2 aliphatic heterocycles. The predicted octanol–water partition coefficient (Wildman–Crippen LogP) is 2.65. The normalized spacial score (nSPS) is 26.9. The summed E-state index contributed by atoms with van der Waals surface area (Å²) in [6.07, 6.45) is -0.632. The molecule has 3 atom stereocenters. The quantitative estimate of drug-likeness (QED) is 0.867. The number of aromatic nitrogens is 1. The second-order valence-corrected chi connectivity index (χ2v) is 7.37. The number of hydrogen-bond donors (Lipinski definition) is 1. The highest BCUT2D eigenvalue weighted by Gasteiger charge is 2.56. The molecule has 1 aromatic heterocycles. The van der Waals surface area contributed by atoms with Crippen LogP contribution in [0.1, 0.15) is 36.8 Å². The molecule has 3 fully saturated rings. The minimum absolute atomic E-state index is 0.0289. The number of fused-ring (bicyclic) bond motifs is 1. The van der Waals surface area contributed by atoms with Gasteiger partial charge in [-0.05, 0) is 36.7 Å². The summed E-state index contributed by atoms with van der Waals surface area (Å²) in [6, 6.07) is 3.25. The molecule has 3 heterocycles. The average molecular weight is 362 g/mol. The number of alkyl halides is 2. The van der Waals surface area contributed by atoms with Crippen molar-refractivity contribution >= 4 is 17.6 Å². The fourth-order valence-electron chi connectivity index (χ4n) is 4.48. The van der Waals surface area contributed by atoms with E-state index in [2.05, 4.69) is 4.98 Å². The Balaban J connectivity index is 1.61. The van der Waals surface area contributed by atoms with Crippen molar-refractivity contribution in [3.63, 3.8) is 0 Å². The van der Waals surface area contributed by atoms with Crippen LogP contribution in [0.2, 0.25) is 0 Å². The second kappa shape index (κ2) is 6.38. The van der Waals surface area contributed by atoms with E-state index in [0.717, 1.165) is 25.9 Å². The lowest BCUT2D eigenvalue weighted by Crippen LogP contribution is -2.28. The van der Waals surface area contributed by atoms with Crippen LogP contribution in [-0.4, -0.2) is 42.2 Å². The van der Waals surface area contributed by atoms with Gasteiger partial charge in [-0.25, -0.2) is 13.8 Å². The predicted molar refractivity (Wildman–Crippen MR) is 90.3 cm³/mol. The Morgan fingerprint density at radius 1 is 1.31 bits per heavy atom. The molecule has 138 valence electrons. The SMILES string of the molecule is N#Cc1c(C(F)F)cc(N2C[C@@H]3C(CC(=O)O)[C@@H]3C2)nc1N1CCCC1. The van der Waals surface area contributed by atoms with Gasteiger partial charge in [0, 0.05) is 38.2 Å². The Bertz CT molecular complexity index is 761. The van der Waals surface area contributed by atoms with Crippen LogP contribution in [0.15, 0.2) is 6.07 Å². The van der Waals surface area contributed by atoms with Crippen LogP contribution in [0.25, 0.3) is 0 Å². The maximum absolute atomic E-state index is 13.6. The van der Waals surface area contributed by atoms with Gasteiger partial charge in [-0.3, -0.25) is 4.79 Å². The fourth-order valence-corrected chi connectivity index (χ4v) is 4.48. The molecule has 3 aliphatic rings. The van der Waals surface area contributed by atoms with E-state index in [4.69, 9.17) is 5.11 Å². The number of nitrogens with zero attached hydrogens (tertiary/aromatic N) is 4. The number of nitriles is 1. The average Bonchev–Trinajstić information content (AvgIpc) is 3.07. The van der Waals surface area contributed by atoms with Gasteiger partial charge in [0.2, 0.25) is 0 Å². The number of aliphatic carboxylic acids is 1. The summed E-state index contributed by atoms with van der Waals surface area (Å²) < 4.78 is 27.1. The standard InChI is InChI=1S/C18H20F2N4O2/c19-17(20)11-5-15(22-18(12(11)7-21)23-3-1-2-4-23)24-8-13-10(6-16(25)26)14(13)9-24/h5,10,13-14,17H,1-4,6,8-9H2,(H,25,26)/t10?,13-,14+. The van der Waals surface area contributed by atoms with Crippen molar-refractivity contribution in [1.82, 2.24) is 4.98 Å². The monoisotopic (exact) mass is 362 g/mol. The van der Waals surface area contributed by atoms with Gasteiger partial charge in [0.05, 0.1) is 0 Å². The van der Waals surface area contributed by atoms with Gasteiger partial charge in [0.1, 0.15) is 23.3 Å². The molecule has 1 saturated carbocycles. The first kappa shape index (κ1) is 17.0. The lowest BCUT2D eigenvalue weighted by molar-refractivity contribution is -0.137. The number of pyridine rings is 1. The molecule has 0 amide bonds. The summed E-state index contributed by atoms with van der Waals surface area (Å²) in [5.74, 6) is 0.837. The summed E-state index contributed by atoms with van der Waals surface area (Å²) in [6.45, 7) is 2.73. The molecule has 0 aromatic carbocycles. The van der Waals surface area contributed by atoms with Crippen molar-refractivity contribution in [3.8, 4) is 6.07 Å². The van der Waals surface area contributed by atoms with Gasteiger partial charge in [0.25, 0.3) is 6.43 Å². The number of carbonyl (C=O) groups is 1. The highest BCUT2D eigenvalue weighted by molar-refractivity contribution is 5.68. The molecule has 4 rings (SSSR count). The zero-order valence-electron chi connectivity index (χ0n) is 14.2. The summed E-state index contributed by atoms with van der Waals surface area (Å²) in [5, 5.41) is 18.3. The summed E-state index contributed by atoms with van der Waals surface area (Å²) in [7, 11) is 0. The Kier molecular flexibility index (Phi) is 4.17. The molecule has 2 saturated heterocycles. The molecule has 0 bridgehead atoms. The number of anilines is 2. The van der Waals surface area contributed by atoms with E-state index < -0.39 is 12.4 Å². The lowest BCUT2D eigenvalue weighted by Gasteiger charge is -2.25. The van der Waals surface area contributed by atoms with E-state index in [9.17, 15) is 18.8 Å². The zero-order valence-corrected chi connectivity index (χ0v) is 14.2. The van der Waals surface area contributed by atoms with Crippen molar-refractivity contribution in [1.29, 1.82) is 5.26 Å². The van der Waals surface area contributed by atoms with Crippen molar-refractivity contribution in [2.75, 3.05) is 36.0 Å². The topological polar surface area (TPSA) is 80.5 Å². The van der Waals surface area contributed by atoms with Gasteiger partial charge in [0.15, 0.2) is 0 Å². The molecule has 6 nitrogen and oxygen atoms in total. The van der Waals surface area contributed by atoms with E-state index in [-0.39, 0.29) is 23.5 Å². The number of halogens is 2. The van der Waals surface area contributed by atoms with Crippen LogP contribution in [0.4, 0.5) is 20.4 Å². The molecular formula is C18H20F2N4O2. The molecule has 0 spiro atoms. The number of carboxylic acid groups (broad SMARTS) is 1. The maximum atomic E-state index is 13.6. The van der Waals surface area contributed by atoms with Crippen molar-refractivity contribution in [2.24, 2.45) is 17.8 Å². The third-order valence-corrected chi connectivity index (χ3v) is 5.88. The van der Waals surface area contributed by atoms with Crippen LogP contribution in [-0.2, 0) is 4.79 Å². The van der Waals surface area contributed by atoms with Gasteiger partial charge in [-0.15, -0.1) is 0 Å². The van der Waals surface area contributed by atoms with E-state index in [0.29, 0.717) is 36.6 Å². The molecular weight excluding hydrogens is 342 g/mol. The van der Waals surface area contributed by atoms with Crippen LogP contribution < -0.4 is 9.80 Å². The van der Waals surface area contributed by atoms with Gasteiger partial charge in [-0.1, -0.05) is 0 Å². The molecule has 0 radical (unpaired) electrons. The minimum Gasteiger partial charge on any atom is -0.481 e. The van der Waals surface area contributed by atoms with Gasteiger partial charge in [-0.2, -0.15) is 5.26 Å². The van der Waals surface area contributed by atoms with Crippen LogP contribution >= 0.6 is 0 Å². The third-order valence-electron chi connectivity index (χ3n) is 5.88. The zero-order chi connectivity index (χ0) is 18.4. The highest BCUT2D eigenvalue weighted by atomic mass is 19.3. The summed E-state index contributed by atoms with van der Waals surface area (Å²) in [5.41, 5.74) is -0.291. The maximum Gasteiger partial charge on any atom is 0.303 e. The van der Waals surface area contributed by atoms with Crippen molar-refractivity contribution < 1.29 is 18.7 Å². The van der Waals surface area contributed by atoms with Gasteiger partial charge >= 0.3 is 5.97 Å². The summed E-state index contributed by atoms with van der Waals surface area (Å²) >= 11 is 0. The lowest BCUT2D eigenvalue weighted by atomic mass is 10.1. The summed E-state index contributed by atoms with van der Waals surface area (Å²) in [4.78, 5) is 19.3. The Morgan fingerprint density at radius 2 is 1.96 bits per heavy atom. The molecule has 26 heavy (non-hydrogen) atoms. The van der Waals surface area contributed by atoms with Crippen LogP contribution in [0, 0.1) is 29.1 Å². The van der Waals surface area contributed by atoms with E-state index in [1.165, 1.54) is 6.07 Å². The number of carboxylic acids is 1. The van der Waals surface area contributed by atoms with Crippen molar-refractivity contribution in [3.05, 3.63) is 17.2 Å². The first-order chi connectivity index (χ1) is 12.5. The second-order valence-electron chi connectivity index (χ2n) is 7.37. The Morgan fingerprint density at radius 3 is 2.50 bits per heavy atom. The molecule has 8 heteroatoms. The van der Waals surface area contributed by atoms with Crippen molar-refractivity contribution in [2.45, 2.75) is 25.7 Å². The largest absolute Gasteiger partial charge is 0.481 e. The molecule has 1 aromatic rings. The first-order valence-corrected chi connectivity index (χ1v) is 8.94. The number of rotatable bonds is 5. The third kappa shape index (κ3) is 2.85. The minimum atomic E-state index is -2.73.